The van der Waals surface area contributed by atoms with Crippen LogP contribution in [0.2, 0.25) is 0 Å². The predicted molar refractivity (Wildman–Crippen MR) is 57.5 cm³/mol. The van der Waals surface area contributed by atoms with Crippen LogP contribution in [0.25, 0.3) is 0 Å². The van der Waals surface area contributed by atoms with E-state index in [1.165, 1.54) is 6.07 Å². The second-order valence-electron chi connectivity index (χ2n) is 3.48. The Morgan fingerprint density at radius 1 is 1.67 bits per heavy atom. The molecule has 0 saturated heterocycles. The molecule has 0 fully saturated rings. The molecule has 5 heteroatoms. The van der Waals surface area contributed by atoms with Crippen molar-refractivity contribution in [1.29, 1.82) is 0 Å². The van der Waals surface area contributed by atoms with Crippen LogP contribution >= 0.6 is 0 Å². The van der Waals surface area contributed by atoms with Crippen molar-refractivity contribution in [3.63, 3.8) is 0 Å². The van der Waals surface area contributed by atoms with E-state index in [1.807, 2.05) is 6.92 Å². The fourth-order valence-electron chi connectivity index (χ4n) is 1.47. The second kappa shape index (κ2) is 5.41. The molecule has 0 aliphatic rings. The molecule has 0 aromatic carbocycles. The monoisotopic (exact) mass is 209 g/mol. The molecule has 0 bridgehead atoms. The van der Waals surface area contributed by atoms with Gasteiger partial charge in [0.25, 0.3) is 5.69 Å². The average Bonchev–Trinajstić information content (AvgIpc) is 2.18. The van der Waals surface area contributed by atoms with Gasteiger partial charge in [-0.15, -0.1) is 0 Å². The summed E-state index contributed by atoms with van der Waals surface area (Å²) in [4.78, 5) is 14.3. The van der Waals surface area contributed by atoms with Crippen LogP contribution in [0.4, 0.5) is 5.69 Å². The van der Waals surface area contributed by atoms with Crippen LogP contribution in [0.3, 0.4) is 0 Å². The van der Waals surface area contributed by atoms with Crippen LogP contribution in [0.15, 0.2) is 18.3 Å². The first-order valence-corrected chi connectivity index (χ1v) is 4.99. The molecule has 1 rings (SSSR count). The fourth-order valence-corrected chi connectivity index (χ4v) is 1.47. The molecule has 1 atom stereocenters. The van der Waals surface area contributed by atoms with Gasteiger partial charge in [-0.25, -0.2) is 0 Å². The second-order valence-corrected chi connectivity index (χ2v) is 3.48. The number of hydrogen-bond acceptors (Lipinski definition) is 4. The third kappa shape index (κ3) is 3.28. The van der Waals surface area contributed by atoms with E-state index < -0.39 is 4.92 Å². The number of hydrogen-bond donors (Lipinski definition) is 1. The SMILES string of the molecule is CCCC(N)Cc1ncccc1[N+](=O)[O-]. The van der Waals surface area contributed by atoms with Crippen LogP contribution in [-0.2, 0) is 6.42 Å². The molecule has 0 radical (unpaired) electrons. The quantitative estimate of drug-likeness (QED) is 0.590. The molecular weight excluding hydrogens is 194 g/mol. The van der Waals surface area contributed by atoms with Crippen LogP contribution in [0, 0.1) is 10.1 Å². The Balaban J connectivity index is 2.79. The van der Waals surface area contributed by atoms with E-state index >= 15 is 0 Å². The molecule has 0 aliphatic heterocycles. The van der Waals surface area contributed by atoms with Crippen LogP contribution in [0.1, 0.15) is 25.5 Å². The molecule has 1 aromatic heterocycles. The largest absolute Gasteiger partial charge is 0.327 e. The van der Waals surface area contributed by atoms with Gasteiger partial charge in [-0.3, -0.25) is 15.1 Å². The Morgan fingerprint density at radius 2 is 2.40 bits per heavy atom. The third-order valence-corrected chi connectivity index (χ3v) is 2.18. The third-order valence-electron chi connectivity index (χ3n) is 2.18. The Hall–Kier alpha value is -1.49. The summed E-state index contributed by atoms with van der Waals surface area (Å²) in [5.41, 5.74) is 6.36. The maximum atomic E-state index is 10.7. The van der Waals surface area contributed by atoms with Crippen molar-refractivity contribution in [3.05, 3.63) is 34.1 Å². The molecular formula is C10H15N3O2. The highest BCUT2D eigenvalue weighted by Gasteiger charge is 2.16. The van der Waals surface area contributed by atoms with Gasteiger partial charge in [0, 0.05) is 24.7 Å². The van der Waals surface area contributed by atoms with E-state index in [0.29, 0.717) is 12.1 Å². The standard InChI is InChI=1S/C10H15N3O2/c1-2-4-8(11)7-9-10(13(14)15)5-3-6-12-9/h3,5-6,8H,2,4,7,11H2,1H3. The van der Waals surface area contributed by atoms with E-state index in [2.05, 4.69) is 4.98 Å². The van der Waals surface area contributed by atoms with Gasteiger partial charge in [0.05, 0.1) is 4.92 Å². The lowest BCUT2D eigenvalue weighted by molar-refractivity contribution is -0.386. The van der Waals surface area contributed by atoms with Crippen LogP contribution in [-0.4, -0.2) is 15.9 Å². The average molecular weight is 209 g/mol. The molecule has 2 N–H and O–H groups in total. The number of pyridine rings is 1. The Labute approximate surface area is 88.5 Å². The van der Waals surface area contributed by atoms with Gasteiger partial charge in [-0.1, -0.05) is 13.3 Å². The minimum Gasteiger partial charge on any atom is -0.327 e. The summed E-state index contributed by atoms with van der Waals surface area (Å²) >= 11 is 0. The summed E-state index contributed by atoms with van der Waals surface area (Å²) in [5.74, 6) is 0. The van der Waals surface area contributed by atoms with Crippen molar-refractivity contribution in [3.8, 4) is 0 Å². The highest BCUT2D eigenvalue weighted by molar-refractivity contribution is 5.34. The molecule has 5 nitrogen and oxygen atoms in total. The van der Waals surface area contributed by atoms with Crippen molar-refractivity contribution < 1.29 is 4.92 Å². The zero-order chi connectivity index (χ0) is 11.3. The minimum atomic E-state index is -0.416. The molecule has 0 saturated carbocycles. The van der Waals surface area contributed by atoms with Gasteiger partial charge in [0.15, 0.2) is 0 Å². The van der Waals surface area contributed by atoms with Crippen molar-refractivity contribution >= 4 is 5.69 Å². The summed E-state index contributed by atoms with van der Waals surface area (Å²) in [6.07, 6.45) is 3.85. The zero-order valence-corrected chi connectivity index (χ0v) is 8.72. The lowest BCUT2D eigenvalue weighted by Gasteiger charge is -2.09. The van der Waals surface area contributed by atoms with Gasteiger partial charge in [0.2, 0.25) is 0 Å². The lowest BCUT2D eigenvalue weighted by Crippen LogP contribution is -2.23. The number of nitrogens with two attached hydrogens (primary N) is 1. The number of aromatic nitrogens is 1. The first kappa shape index (κ1) is 11.6. The summed E-state index contributed by atoms with van der Waals surface area (Å²) in [6.45, 7) is 2.03. The Kier molecular flexibility index (Phi) is 4.17. The van der Waals surface area contributed by atoms with Crippen LogP contribution < -0.4 is 5.73 Å². The maximum Gasteiger partial charge on any atom is 0.290 e. The lowest BCUT2D eigenvalue weighted by atomic mass is 10.1. The van der Waals surface area contributed by atoms with Gasteiger partial charge in [-0.2, -0.15) is 0 Å². The van der Waals surface area contributed by atoms with Crippen molar-refractivity contribution in [1.82, 2.24) is 4.98 Å². The summed E-state index contributed by atoms with van der Waals surface area (Å²) in [6, 6.07) is 2.97. The number of nitro groups is 1. The van der Waals surface area contributed by atoms with Gasteiger partial charge in [-0.05, 0) is 12.5 Å². The molecule has 1 unspecified atom stereocenters. The highest BCUT2D eigenvalue weighted by Crippen LogP contribution is 2.17. The summed E-state index contributed by atoms with van der Waals surface area (Å²) in [5, 5.41) is 10.7. The topological polar surface area (TPSA) is 82.0 Å². The highest BCUT2D eigenvalue weighted by atomic mass is 16.6. The molecule has 0 spiro atoms. The smallest absolute Gasteiger partial charge is 0.290 e. The normalized spacial score (nSPS) is 12.4. The van der Waals surface area contributed by atoms with E-state index in [1.54, 1.807) is 12.3 Å². The number of nitrogens with zero attached hydrogens (tertiary/aromatic N) is 2. The molecule has 15 heavy (non-hydrogen) atoms. The first-order chi connectivity index (χ1) is 7.15. The van der Waals surface area contributed by atoms with Crippen molar-refractivity contribution in [2.75, 3.05) is 0 Å². The van der Waals surface area contributed by atoms with E-state index in [-0.39, 0.29) is 11.7 Å². The predicted octanol–water partition coefficient (Wildman–Crippen LogP) is 1.66. The minimum absolute atomic E-state index is 0.0522. The molecule has 1 heterocycles. The fraction of sp³-hybridized carbons (Fsp3) is 0.500. The summed E-state index contributed by atoms with van der Waals surface area (Å²) in [7, 11) is 0. The first-order valence-electron chi connectivity index (χ1n) is 4.99. The Morgan fingerprint density at radius 3 is 3.00 bits per heavy atom. The van der Waals surface area contributed by atoms with Gasteiger partial charge in [0.1, 0.15) is 5.69 Å². The Bertz CT molecular complexity index is 341. The molecule has 1 aromatic rings. The van der Waals surface area contributed by atoms with Gasteiger partial charge >= 0.3 is 0 Å². The number of rotatable bonds is 5. The molecule has 0 aliphatic carbocycles. The van der Waals surface area contributed by atoms with Crippen molar-refractivity contribution in [2.24, 2.45) is 5.73 Å². The van der Waals surface area contributed by atoms with Gasteiger partial charge < -0.3 is 5.73 Å². The van der Waals surface area contributed by atoms with E-state index in [0.717, 1.165) is 12.8 Å². The zero-order valence-electron chi connectivity index (χ0n) is 8.72. The summed E-state index contributed by atoms with van der Waals surface area (Å²) < 4.78 is 0. The van der Waals surface area contributed by atoms with Crippen LogP contribution in [0.5, 0.6) is 0 Å². The molecule has 0 amide bonds. The van der Waals surface area contributed by atoms with Crippen molar-refractivity contribution in [2.45, 2.75) is 32.2 Å². The molecule has 82 valence electrons. The van der Waals surface area contributed by atoms with E-state index in [9.17, 15) is 10.1 Å². The van der Waals surface area contributed by atoms with E-state index in [4.69, 9.17) is 5.73 Å². The maximum absolute atomic E-state index is 10.7.